The van der Waals surface area contributed by atoms with Crippen LogP contribution in [0.4, 0.5) is 11.5 Å². The van der Waals surface area contributed by atoms with Crippen LogP contribution in [0.15, 0.2) is 42.6 Å². The van der Waals surface area contributed by atoms with Crippen molar-refractivity contribution in [3.05, 3.63) is 53.7 Å². The van der Waals surface area contributed by atoms with Gasteiger partial charge in [0.05, 0.1) is 5.56 Å². The number of nitrogens with zero attached hydrogens (tertiary/aromatic N) is 1. The molecule has 5 heteroatoms. The van der Waals surface area contributed by atoms with Crippen molar-refractivity contribution in [2.45, 2.75) is 26.2 Å². The molecule has 5 nitrogen and oxygen atoms in total. The lowest BCUT2D eigenvalue weighted by atomic mass is 9.87. The van der Waals surface area contributed by atoms with Crippen LogP contribution in [0.3, 0.4) is 0 Å². The topological polar surface area (TPSA) is 80.0 Å². The molecule has 1 aromatic heterocycles. The van der Waals surface area contributed by atoms with Crippen molar-refractivity contribution in [3.63, 3.8) is 0 Å². The maximum Gasteiger partial charge on any atom is 0.259 e. The van der Waals surface area contributed by atoms with E-state index < -0.39 is 0 Å². The first-order valence-electron chi connectivity index (χ1n) is 6.75. The second-order valence-corrected chi connectivity index (χ2v) is 5.83. The molecular weight excluding hydrogens is 264 g/mol. The fourth-order valence-corrected chi connectivity index (χ4v) is 1.96. The third kappa shape index (κ3) is 3.58. The Morgan fingerprint density at radius 1 is 1.14 bits per heavy atom. The molecule has 0 bridgehead atoms. The number of nitrogen functional groups attached to an aromatic ring is 1. The molecule has 0 aliphatic heterocycles. The van der Waals surface area contributed by atoms with Gasteiger partial charge in [0.1, 0.15) is 0 Å². The van der Waals surface area contributed by atoms with Crippen LogP contribution in [0, 0.1) is 0 Å². The lowest BCUT2D eigenvalue weighted by Gasteiger charge is -2.19. The zero-order valence-corrected chi connectivity index (χ0v) is 12.5. The molecule has 1 amide bonds. The van der Waals surface area contributed by atoms with Crippen molar-refractivity contribution in [1.29, 1.82) is 0 Å². The molecule has 0 saturated heterocycles. The van der Waals surface area contributed by atoms with Gasteiger partial charge in [0, 0.05) is 11.9 Å². The van der Waals surface area contributed by atoms with Gasteiger partial charge in [0.25, 0.3) is 5.91 Å². The summed E-state index contributed by atoms with van der Waals surface area (Å²) >= 11 is 0. The van der Waals surface area contributed by atoms with E-state index in [-0.39, 0.29) is 11.3 Å². The highest BCUT2D eigenvalue weighted by atomic mass is 16.1. The molecule has 21 heavy (non-hydrogen) atoms. The zero-order valence-electron chi connectivity index (χ0n) is 12.5. The highest BCUT2D eigenvalue weighted by Gasteiger charge is 2.14. The lowest BCUT2D eigenvalue weighted by molar-refractivity contribution is 0.102. The summed E-state index contributed by atoms with van der Waals surface area (Å²) in [4.78, 5) is 16.2. The van der Waals surface area contributed by atoms with E-state index in [9.17, 15) is 4.79 Å². The maximum atomic E-state index is 12.2. The minimum Gasteiger partial charge on any atom is -0.322 e. The number of benzene rings is 1. The van der Waals surface area contributed by atoms with Gasteiger partial charge >= 0.3 is 0 Å². The highest BCUT2D eigenvalue weighted by Crippen LogP contribution is 2.23. The van der Waals surface area contributed by atoms with Gasteiger partial charge < -0.3 is 10.7 Å². The molecule has 0 aliphatic rings. The average molecular weight is 284 g/mol. The number of carbonyl (C=O) groups is 1. The second kappa shape index (κ2) is 5.93. The van der Waals surface area contributed by atoms with E-state index in [1.54, 1.807) is 18.3 Å². The summed E-state index contributed by atoms with van der Waals surface area (Å²) in [5.74, 6) is 5.46. The van der Waals surface area contributed by atoms with Crippen LogP contribution in [-0.2, 0) is 5.41 Å². The van der Waals surface area contributed by atoms with Crippen LogP contribution in [-0.4, -0.2) is 10.9 Å². The summed E-state index contributed by atoms with van der Waals surface area (Å²) < 4.78 is 0. The Hall–Kier alpha value is -2.40. The summed E-state index contributed by atoms with van der Waals surface area (Å²) in [7, 11) is 0. The maximum absolute atomic E-state index is 12.2. The molecule has 1 heterocycles. The van der Waals surface area contributed by atoms with Crippen molar-refractivity contribution >= 4 is 17.4 Å². The number of amides is 1. The summed E-state index contributed by atoms with van der Waals surface area (Å²) in [6.07, 6.45) is 1.57. The van der Waals surface area contributed by atoms with Gasteiger partial charge in [-0.2, -0.15) is 0 Å². The minimum absolute atomic E-state index is 0.0858. The molecule has 0 aliphatic carbocycles. The molecular formula is C16H20N4O. The number of hydrazine groups is 1. The van der Waals surface area contributed by atoms with Crippen molar-refractivity contribution < 1.29 is 4.79 Å². The number of carbonyl (C=O) groups excluding carboxylic acids is 1. The Morgan fingerprint density at radius 2 is 1.81 bits per heavy atom. The molecule has 0 spiro atoms. The zero-order chi connectivity index (χ0) is 15.5. The van der Waals surface area contributed by atoms with Crippen LogP contribution in [0.5, 0.6) is 0 Å². The number of anilines is 2. The monoisotopic (exact) mass is 284 g/mol. The average Bonchev–Trinajstić information content (AvgIpc) is 2.46. The molecule has 110 valence electrons. The minimum atomic E-state index is -0.250. The summed E-state index contributed by atoms with van der Waals surface area (Å²) in [6.45, 7) is 6.44. The molecule has 4 N–H and O–H groups in total. The van der Waals surface area contributed by atoms with Crippen molar-refractivity contribution in [1.82, 2.24) is 4.98 Å². The van der Waals surface area contributed by atoms with Crippen molar-refractivity contribution in [2.24, 2.45) is 5.84 Å². The van der Waals surface area contributed by atoms with E-state index in [4.69, 9.17) is 5.84 Å². The Balaban J connectivity index is 2.16. The first-order valence-corrected chi connectivity index (χ1v) is 6.75. The summed E-state index contributed by atoms with van der Waals surface area (Å²) in [6, 6.07) is 11.2. The molecule has 0 saturated carbocycles. The fourth-order valence-electron chi connectivity index (χ4n) is 1.96. The van der Waals surface area contributed by atoms with E-state index in [0.717, 1.165) is 5.69 Å². The SMILES string of the molecule is CC(C)(C)c1ccc(NC(=O)c2cccnc2NN)cc1. The summed E-state index contributed by atoms with van der Waals surface area (Å²) in [5.41, 5.74) is 4.86. The van der Waals surface area contributed by atoms with E-state index in [2.05, 4.69) is 36.5 Å². The number of hydrogen-bond acceptors (Lipinski definition) is 4. The highest BCUT2D eigenvalue weighted by molar-refractivity contribution is 6.07. The predicted molar refractivity (Wildman–Crippen MR) is 85.1 cm³/mol. The van der Waals surface area contributed by atoms with E-state index >= 15 is 0 Å². The molecule has 0 radical (unpaired) electrons. The first kappa shape index (κ1) is 15.0. The van der Waals surface area contributed by atoms with E-state index in [0.29, 0.717) is 11.4 Å². The molecule has 0 unspecified atom stereocenters. The molecule has 1 aromatic carbocycles. The van der Waals surface area contributed by atoms with Crippen molar-refractivity contribution in [3.8, 4) is 0 Å². The second-order valence-electron chi connectivity index (χ2n) is 5.83. The number of nitrogens with one attached hydrogen (secondary N) is 2. The van der Waals surface area contributed by atoms with Crippen LogP contribution >= 0.6 is 0 Å². The Kier molecular flexibility index (Phi) is 4.23. The Morgan fingerprint density at radius 3 is 2.38 bits per heavy atom. The van der Waals surface area contributed by atoms with Crippen LogP contribution < -0.4 is 16.6 Å². The molecule has 0 atom stereocenters. The van der Waals surface area contributed by atoms with Crippen LogP contribution in [0.25, 0.3) is 0 Å². The van der Waals surface area contributed by atoms with Gasteiger partial charge in [0.2, 0.25) is 0 Å². The third-order valence-corrected chi connectivity index (χ3v) is 3.20. The Labute approximate surface area is 124 Å². The fraction of sp³-hybridized carbons (Fsp3) is 0.250. The number of rotatable bonds is 3. The van der Waals surface area contributed by atoms with Gasteiger partial charge in [-0.05, 0) is 35.2 Å². The standard InChI is InChI=1S/C16H20N4O/c1-16(2,3)11-6-8-12(9-7-11)19-15(21)13-5-4-10-18-14(13)20-17/h4-10H,17H2,1-3H3,(H,18,20)(H,19,21). The first-order chi connectivity index (χ1) is 9.91. The van der Waals surface area contributed by atoms with E-state index in [1.165, 1.54) is 5.56 Å². The smallest absolute Gasteiger partial charge is 0.259 e. The van der Waals surface area contributed by atoms with Gasteiger partial charge in [-0.3, -0.25) is 4.79 Å². The van der Waals surface area contributed by atoms with E-state index in [1.807, 2.05) is 24.3 Å². The largest absolute Gasteiger partial charge is 0.322 e. The number of hydrogen-bond donors (Lipinski definition) is 3. The molecule has 2 aromatic rings. The normalized spacial score (nSPS) is 11.0. The van der Waals surface area contributed by atoms with Crippen molar-refractivity contribution in [2.75, 3.05) is 10.7 Å². The molecule has 0 fully saturated rings. The molecule has 2 rings (SSSR count). The Bertz CT molecular complexity index is 629. The van der Waals surface area contributed by atoms with Crippen LogP contribution in [0.2, 0.25) is 0 Å². The van der Waals surface area contributed by atoms with Gasteiger partial charge in [0.15, 0.2) is 5.82 Å². The lowest BCUT2D eigenvalue weighted by Crippen LogP contribution is -2.18. The predicted octanol–water partition coefficient (Wildman–Crippen LogP) is 2.92. The number of nitrogens with two attached hydrogens (primary N) is 1. The quantitative estimate of drug-likeness (QED) is 0.598. The summed E-state index contributed by atoms with van der Waals surface area (Å²) in [5, 5.41) is 2.84. The van der Waals surface area contributed by atoms with Crippen LogP contribution in [0.1, 0.15) is 36.7 Å². The number of aromatic nitrogens is 1. The van der Waals surface area contributed by atoms with Gasteiger partial charge in [-0.15, -0.1) is 0 Å². The number of pyridine rings is 1. The van der Waals surface area contributed by atoms with Gasteiger partial charge in [-0.1, -0.05) is 32.9 Å². The third-order valence-electron chi connectivity index (χ3n) is 3.20. The van der Waals surface area contributed by atoms with Gasteiger partial charge in [-0.25, -0.2) is 10.8 Å².